The lowest BCUT2D eigenvalue weighted by Crippen LogP contribution is -2.38. The number of anilines is 1. The quantitative estimate of drug-likeness (QED) is 0.908. The Morgan fingerprint density at radius 2 is 2.14 bits per heavy atom. The van der Waals surface area contributed by atoms with Crippen LogP contribution in [0.3, 0.4) is 0 Å². The van der Waals surface area contributed by atoms with E-state index in [2.05, 4.69) is 33.3 Å². The maximum Gasteiger partial charge on any atom is 0.220 e. The van der Waals surface area contributed by atoms with Crippen molar-refractivity contribution >= 4 is 22.8 Å². The van der Waals surface area contributed by atoms with Crippen molar-refractivity contribution in [2.24, 2.45) is 18.9 Å². The van der Waals surface area contributed by atoms with E-state index in [4.69, 9.17) is 0 Å². The average Bonchev–Trinajstić information content (AvgIpc) is 3.10. The Bertz CT molecular complexity index is 724. The van der Waals surface area contributed by atoms with Gasteiger partial charge in [-0.1, -0.05) is 0 Å². The van der Waals surface area contributed by atoms with Gasteiger partial charge in [-0.2, -0.15) is 0 Å². The second-order valence-corrected chi connectivity index (χ2v) is 6.63. The summed E-state index contributed by atoms with van der Waals surface area (Å²) in [5.41, 5.74) is 0.962. The molecule has 6 heteroatoms. The van der Waals surface area contributed by atoms with Crippen LogP contribution in [0.2, 0.25) is 0 Å². The summed E-state index contributed by atoms with van der Waals surface area (Å²) in [5.74, 6) is 2.33. The molecule has 0 unspecified atom stereocenters. The molecular formula is C16H21N5O. The van der Waals surface area contributed by atoms with Crippen LogP contribution in [0.25, 0.3) is 11.0 Å². The van der Waals surface area contributed by atoms with Crippen LogP contribution in [0.5, 0.6) is 0 Å². The van der Waals surface area contributed by atoms with Gasteiger partial charge in [0.1, 0.15) is 17.8 Å². The fourth-order valence-electron chi connectivity index (χ4n) is 4.07. The van der Waals surface area contributed by atoms with Crippen LogP contribution in [0.4, 0.5) is 5.82 Å². The first-order valence-electron chi connectivity index (χ1n) is 7.89. The van der Waals surface area contributed by atoms with Crippen LogP contribution < -0.4 is 10.2 Å². The number of hydrogen-bond acceptors (Lipinski definition) is 4. The molecule has 1 aliphatic carbocycles. The molecule has 2 aliphatic rings. The van der Waals surface area contributed by atoms with Crippen molar-refractivity contribution in [1.29, 1.82) is 0 Å². The molecule has 1 saturated heterocycles. The fourth-order valence-corrected chi connectivity index (χ4v) is 4.07. The second-order valence-electron chi connectivity index (χ2n) is 6.63. The topological polar surface area (TPSA) is 63.1 Å². The van der Waals surface area contributed by atoms with Gasteiger partial charge in [-0.05, 0) is 30.7 Å². The minimum absolute atomic E-state index is 0.206. The lowest BCUT2D eigenvalue weighted by Gasteiger charge is -2.26. The third-order valence-corrected chi connectivity index (χ3v) is 5.35. The molecule has 2 aromatic rings. The molecule has 1 saturated carbocycles. The van der Waals surface area contributed by atoms with E-state index in [-0.39, 0.29) is 5.91 Å². The Hall–Kier alpha value is -2.11. The number of aryl methyl sites for hydroxylation is 1. The van der Waals surface area contributed by atoms with E-state index in [0.29, 0.717) is 24.3 Å². The van der Waals surface area contributed by atoms with Crippen LogP contribution in [-0.4, -0.2) is 40.1 Å². The van der Waals surface area contributed by atoms with Gasteiger partial charge in [0.25, 0.3) is 0 Å². The van der Waals surface area contributed by atoms with Crippen molar-refractivity contribution < 1.29 is 4.79 Å². The van der Waals surface area contributed by atoms with Gasteiger partial charge in [-0.15, -0.1) is 0 Å². The Kier molecular flexibility index (Phi) is 3.06. The van der Waals surface area contributed by atoms with Crippen molar-refractivity contribution in [1.82, 2.24) is 19.9 Å². The van der Waals surface area contributed by atoms with E-state index in [1.165, 1.54) is 0 Å². The summed E-state index contributed by atoms with van der Waals surface area (Å²) in [6.07, 6.45) is 6.54. The van der Waals surface area contributed by atoms with Gasteiger partial charge in [-0.25, -0.2) is 9.97 Å². The molecule has 6 nitrogen and oxygen atoms in total. The fraction of sp³-hybridized carbons (Fsp3) is 0.562. The lowest BCUT2D eigenvalue weighted by molar-refractivity contribution is -0.124. The lowest BCUT2D eigenvalue weighted by atomic mass is 9.89. The van der Waals surface area contributed by atoms with Crippen molar-refractivity contribution in [3.05, 3.63) is 18.6 Å². The predicted octanol–water partition coefficient (Wildman–Crippen LogP) is 1.32. The first kappa shape index (κ1) is 13.5. The Morgan fingerprint density at radius 1 is 1.32 bits per heavy atom. The predicted molar refractivity (Wildman–Crippen MR) is 84.5 cm³/mol. The highest BCUT2D eigenvalue weighted by molar-refractivity contribution is 5.87. The van der Waals surface area contributed by atoms with Crippen LogP contribution in [0.15, 0.2) is 18.6 Å². The maximum absolute atomic E-state index is 11.6. The third kappa shape index (κ3) is 2.05. The van der Waals surface area contributed by atoms with Crippen molar-refractivity contribution in [2.75, 3.05) is 18.5 Å². The average molecular weight is 299 g/mol. The van der Waals surface area contributed by atoms with E-state index < -0.39 is 0 Å². The largest absolute Gasteiger partial charge is 0.356 e. The van der Waals surface area contributed by atoms with Gasteiger partial charge in [0.05, 0.1) is 5.39 Å². The highest BCUT2D eigenvalue weighted by Gasteiger charge is 2.40. The number of aromatic nitrogens is 3. The van der Waals surface area contributed by atoms with E-state index >= 15 is 0 Å². The summed E-state index contributed by atoms with van der Waals surface area (Å²) < 4.78 is 2.02. The summed E-state index contributed by atoms with van der Waals surface area (Å²) in [4.78, 5) is 22.7. The summed E-state index contributed by atoms with van der Waals surface area (Å²) in [7, 11) is 4.12. The minimum atomic E-state index is 0.206. The Labute approximate surface area is 129 Å². The van der Waals surface area contributed by atoms with Gasteiger partial charge in [0.2, 0.25) is 5.91 Å². The molecule has 0 bridgehead atoms. The first-order chi connectivity index (χ1) is 10.6. The van der Waals surface area contributed by atoms with Gasteiger partial charge in [-0.3, -0.25) is 4.79 Å². The molecule has 1 N–H and O–H groups in total. The van der Waals surface area contributed by atoms with Crippen LogP contribution >= 0.6 is 0 Å². The molecule has 2 fully saturated rings. The van der Waals surface area contributed by atoms with Crippen LogP contribution in [0.1, 0.15) is 19.3 Å². The zero-order chi connectivity index (χ0) is 15.3. The van der Waals surface area contributed by atoms with Crippen molar-refractivity contribution in [3.8, 4) is 0 Å². The minimum Gasteiger partial charge on any atom is -0.356 e. The molecule has 0 spiro atoms. The van der Waals surface area contributed by atoms with Crippen LogP contribution in [-0.2, 0) is 11.8 Å². The molecule has 116 valence electrons. The molecule has 22 heavy (non-hydrogen) atoms. The molecule has 4 rings (SSSR count). The molecule has 3 atom stereocenters. The van der Waals surface area contributed by atoms with E-state index in [9.17, 15) is 4.79 Å². The number of carbonyl (C=O) groups excluding carboxylic acids is 1. The highest BCUT2D eigenvalue weighted by atomic mass is 16.1. The first-order valence-corrected chi connectivity index (χ1v) is 7.89. The van der Waals surface area contributed by atoms with Gasteiger partial charge in [0, 0.05) is 39.3 Å². The second kappa shape index (κ2) is 4.97. The van der Waals surface area contributed by atoms with Crippen LogP contribution in [0, 0.1) is 11.8 Å². The van der Waals surface area contributed by atoms with Gasteiger partial charge in [0.15, 0.2) is 0 Å². The number of nitrogens with one attached hydrogen (secondary N) is 1. The monoisotopic (exact) mass is 299 g/mol. The van der Waals surface area contributed by atoms with E-state index in [1.807, 2.05) is 17.8 Å². The van der Waals surface area contributed by atoms with E-state index in [1.54, 1.807) is 6.33 Å². The maximum atomic E-state index is 11.6. The summed E-state index contributed by atoms with van der Waals surface area (Å²) in [6, 6.07) is 2.52. The third-order valence-electron chi connectivity index (χ3n) is 5.35. The molecule has 3 heterocycles. The smallest absolute Gasteiger partial charge is 0.220 e. The summed E-state index contributed by atoms with van der Waals surface area (Å²) in [6.45, 7) is 0.832. The zero-order valence-corrected chi connectivity index (χ0v) is 13.0. The molecule has 2 aromatic heterocycles. The zero-order valence-electron chi connectivity index (χ0n) is 13.0. The highest BCUT2D eigenvalue weighted by Crippen LogP contribution is 2.39. The normalized spacial score (nSPS) is 27.7. The van der Waals surface area contributed by atoms with Crippen molar-refractivity contribution in [2.45, 2.75) is 25.3 Å². The molecule has 1 aliphatic heterocycles. The number of piperidine rings is 1. The molecular weight excluding hydrogens is 278 g/mol. The van der Waals surface area contributed by atoms with Crippen molar-refractivity contribution in [3.63, 3.8) is 0 Å². The Balaban J connectivity index is 1.61. The number of carbonyl (C=O) groups is 1. The molecule has 0 radical (unpaired) electrons. The molecule has 0 aromatic carbocycles. The number of fused-ring (bicyclic) bond motifs is 2. The van der Waals surface area contributed by atoms with Gasteiger partial charge >= 0.3 is 0 Å². The number of rotatable bonds is 2. The standard InChI is InChI=1S/C16H21N5O/c1-20-4-3-13-15(20)18-9-19-16(13)21(2)12-5-10-7-14(22)17-8-11(10)6-12/h3-4,9-12H,5-8H2,1-2H3,(H,17,22)/t10-,11+,12-/m0/s1. The van der Waals surface area contributed by atoms with E-state index in [0.717, 1.165) is 36.2 Å². The summed E-state index contributed by atoms with van der Waals surface area (Å²) >= 11 is 0. The summed E-state index contributed by atoms with van der Waals surface area (Å²) in [5, 5.41) is 4.09. The molecule has 1 amide bonds. The number of amides is 1. The number of hydrogen-bond donors (Lipinski definition) is 1. The van der Waals surface area contributed by atoms with Gasteiger partial charge < -0.3 is 14.8 Å². The number of nitrogens with zero attached hydrogens (tertiary/aromatic N) is 4. The SMILES string of the molecule is CN(c1ncnc2c1ccn2C)[C@H]1C[C@H]2CC(=O)NC[C@H]2C1. The Morgan fingerprint density at radius 3 is 3.00 bits per heavy atom.